The van der Waals surface area contributed by atoms with Crippen molar-refractivity contribution in [1.29, 1.82) is 0 Å². The SMILES string of the molecule is OCC(F)(F)[C@@H](c1cc(F)cc(Br)c1)N1CCNCC1. The van der Waals surface area contributed by atoms with Crippen molar-refractivity contribution in [3.05, 3.63) is 34.1 Å². The summed E-state index contributed by atoms with van der Waals surface area (Å²) >= 11 is 3.12. The van der Waals surface area contributed by atoms with Gasteiger partial charge in [0.2, 0.25) is 0 Å². The Kier molecular flexibility index (Phi) is 5.06. The van der Waals surface area contributed by atoms with E-state index in [1.54, 1.807) is 4.90 Å². The smallest absolute Gasteiger partial charge is 0.289 e. The molecule has 0 aliphatic carbocycles. The number of piperazine rings is 1. The Morgan fingerprint density at radius 2 is 1.95 bits per heavy atom. The fraction of sp³-hybridized carbons (Fsp3) is 0.538. The van der Waals surface area contributed by atoms with Gasteiger partial charge in [0.1, 0.15) is 18.5 Å². The molecule has 1 heterocycles. The summed E-state index contributed by atoms with van der Waals surface area (Å²) in [6, 6.07) is 2.46. The minimum absolute atomic E-state index is 0.165. The van der Waals surface area contributed by atoms with Gasteiger partial charge in [-0.05, 0) is 23.8 Å². The molecule has 1 aliphatic rings. The number of rotatable bonds is 4. The lowest BCUT2D eigenvalue weighted by Gasteiger charge is -2.38. The molecule has 0 unspecified atom stereocenters. The Bertz CT molecular complexity index is 447. The molecule has 1 aromatic rings. The third-order valence-electron chi connectivity index (χ3n) is 3.33. The second-order valence-corrected chi connectivity index (χ2v) is 5.73. The lowest BCUT2D eigenvalue weighted by Crippen LogP contribution is -2.51. The number of hydrogen-bond donors (Lipinski definition) is 2. The molecule has 1 fully saturated rings. The van der Waals surface area contributed by atoms with E-state index in [2.05, 4.69) is 21.2 Å². The van der Waals surface area contributed by atoms with Crippen LogP contribution in [-0.2, 0) is 0 Å². The molecule has 1 atom stereocenters. The van der Waals surface area contributed by atoms with Gasteiger partial charge in [0, 0.05) is 30.7 Å². The molecule has 1 aliphatic heterocycles. The van der Waals surface area contributed by atoms with Crippen LogP contribution in [0.3, 0.4) is 0 Å². The maximum atomic E-state index is 14.1. The van der Waals surface area contributed by atoms with Gasteiger partial charge < -0.3 is 10.4 Å². The first kappa shape index (κ1) is 15.8. The summed E-state index contributed by atoms with van der Waals surface area (Å²) < 4.78 is 42.1. The standard InChI is InChI=1S/C13H16BrF3N2O/c14-10-5-9(6-11(15)7-10)12(13(16,17)8-20)19-3-1-18-2-4-19/h5-7,12,18,20H,1-4,8H2/t12-/m1/s1. The maximum absolute atomic E-state index is 14.1. The quantitative estimate of drug-likeness (QED) is 0.871. The van der Waals surface area contributed by atoms with Crippen LogP contribution in [0.2, 0.25) is 0 Å². The molecule has 0 spiro atoms. The van der Waals surface area contributed by atoms with Gasteiger partial charge in [0.25, 0.3) is 5.92 Å². The fourth-order valence-corrected chi connectivity index (χ4v) is 2.96. The Morgan fingerprint density at radius 1 is 1.30 bits per heavy atom. The normalized spacial score (nSPS) is 19.1. The summed E-state index contributed by atoms with van der Waals surface area (Å²) in [5.41, 5.74) is 0.165. The highest BCUT2D eigenvalue weighted by Crippen LogP contribution is 2.37. The molecule has 20 heavy (non-hydrogen) atoms. The number of alkyl halides is 2. The predicted octanol–water partition coefficient (Wildman–Crippen LogP) is 2.16. The van der Waals surface area contributed by atoms with Gasteiger partial charge in [0.05, 0.1) is 0 Å². The van der Waals surface area contributed by atoms with E-state index in [1.807, 2.05) is 0 Å². The maximum Gasteiger partial charge on any atom is 0.289 e. The molecule has 7 heteroatoms. The van der Waals surface area contributed by atoms with E-state index in [1.165, 1.54) is 12.1 Å². The highest BCUT2D eigenvalue weighted by molar-refractivity contribution is 9.10. The van der Waals surface area contributed by atoms with Gasteiger partial charge in [-0.25, -0.2) is 13.2 Å². The summed E-state index contributed by atoms with van der Waals surface area (Å²) in [7, 11) is 0. The monoisotopic (exact) mass is 352 g/mol. The highest BCUT2D eigenvalue weighted by Gasteiger charge is 2.44. The van der Waals surface area contributed by atoms with Crippen LogP contribution in [0.5, 0.6) is 0 Å². The predicted molar refractivity (Wildman–Crippen MR) is 73.3 cm³/mol. The molecule has 0 radical (unpaired) electrons. The molecular formula is C13H16BrF3N2O. The van der Waals surface area contributed by atoms with Crippen LogP contribution in [0.4, 0.5) is 13.2 Å². The number of aliphatic hydroxyl groups is 1. The summed E-state index contributed by atoms with van der Waals surface area (Å²) in [4.78, 5) is 1.58. The van der Waals surface area contributed by atoms with Crippen LogP contribution >= 0.6 is 15.9 Å². The minimum Gasteiger partial charge on any atom is -0.390 e. The third-order valence-corrected chi connectivity index (χ3v) is 3.79. The number of aliphatic hydroxyl groups excluding tert-OH is 1. The average molecular weight is 353 g/mol. The number of nitrogens with one attached hydrogen (secondary N) is 1. The Balaban J connectivity index is 2.39. The Labute approximate surface area is 123 Å². The van der Waals surface area contributed by atoms with E-state index >= 15 is 0 Å². The summed E-state index contributed by atoms with van der Waals surface area (Å²) in [5, 5.41) is 12.1. The first-order valence-electron chi connectivity index (χ1n) is 6.33. The van der Waals surface area contributed by atoms with Crippen LogP contribution in [0.1, 0.15) is 11.6 Å². The van der Waals surface area contributed by atoms with Crippen molar-refractivity contribution in [1.82, 2.24) is 10.2 Å². The molecule has 0 aromatic heterocycles. The zero-order chi connectivity index (χ0) is 14.8. The van der Waals surface area contributed by atoms with Crippen LogP contribution in [0.15, 0.2) is 22.7 Å². The van der Waals surface area contributed by atoms with Gasteiger partial charge in [0.15, 0.2) is 0 Å². The van der Waals surface area contributed by atoms with Crippen molar-refractivity contribution >= 4 is 15.9 Å². The van der Waals surface area contributed by atoms with Crippen LogP contribution in [-0.4, -0.2) is 48.7 Å². The van der Waals surface area contributed by atoms with E-state index in [0.29, 0.717) is 30.7 Å². The van der Waals surface area contributed by atoms with E-state index in [-0.39, 0.29) is 5.56 Å². The Morgan fingerprint density at radius 3 is 2.50 bits per heavy atom. The van der Waals surface area contributed by atoms with Gasteiger partial charge in [-0.2, -0.15) is 0 Å². The largest absolute Gasteiger partial charge is 0.390 e. The molecule has 0 saturated carbocycles. The molecule has 112 valence electrons. The molecule has 1 aromatic carbocycles. The summed E-state index contributed by atoms with van der Waals surface area (Å²) in [5.74, 6) is -3.91. The van der Waals surface area contributed by atoms with Crippen molar-refractivity contribution in [3.8, 4) is 0 Å². The van der Waals surface area contributed by atoms with Crippen molar-refractivity contribution < 1.29 is 18.3 Å². The molecule has 1 saturated heterocycles. The average Bonchev–Trinajstić information content (AvgIpc) is 2.39. The van der Waals surface area contributed by atoms with Crippen molar-refractivity contribution in [2.75, 3.05) is 32.8 Å². The molecular weight excluding hydrogens is 337 g/mol. The van der Waals surface area contributed by atoms with E-state index < -0.39 is 24.4 Å². The van der Waals surface area contributed by atoms with Crippen LogP contribution in [0.25, 0.3) is 0 Å². The summed E-state index contributed by atoms with van der Waals surface area (Å²) in [6.45, 7) is 0.765. The molecule has 2 N–H and O–H groups in total. The van der Waals surface area contributed by atoms with Crippen molar-refractivity contribution in [2.24, 2.45) is 0 Å². The summed E-state index contributed by atoms with van der Waals surface area (Å²) in [6.07, 6.45) is 0. The van der Waals surface area contributed by atoms with Crippen LogP contribution < -0.4 is 5.32 Å². The number of benzene rings is 1. The molecule has 0 bridgehead atoms. The van der Waals surface area contributed by atoms with Crippen molar-refractivity contribution in [3.63, 3.8) is 0 Å². The fourth-order valence-electron chi connectivity index (χ4n) is 2.48. The second-order valence-electron chi connectivity index (χ2n) is 4.81. The van der Waals surface area contributed by atoms with Gasteiger partial charge in [-0.1, -0.05) is 15.9 Å². The van der Waals surface area contributed by atoms with Gasteiger partial charge >= 0.3 is 0 Å². The lowest BCUT2D eigenvalue weighted by atomic mass is 9.98. The minimum atomic E-state index is -3.33. The van der Waals surface area contributed by atoms with Crippen molar-refractivity contribution in [2.45, 2.75) is 12.0 Å². The number of nitrogens with zero attached hydrogens (tertiary/aromatic N) is 1. The van der Waals surface area contributed by atoms with E-state index in [0.717, 1.165) is 6.07 Å². The first-order valence-corrected chi connectivity index (χ1v) is 7.13. The van der Waals surface area contributed by atoms with Gasteiger partial charge in [-0.15, -0.1) is 0 Å². The number of hydrogen-bond acceptors (Lipinski definition) is 3. The van der Waals surface area contributed by atoms with Crippen LogP contribution in [0, 0.1) is 5.82 Å². The van der Waals surface area contributed by atoms with Gasteiger partial charge in [-0.3, -0.25) is 4.90 Å². The highest BCUT2D eigenvalue weighted by atomic mass is 79.9. The molecule has 0 amide bonds. The molecule has 3 nitrogen and oxygen atoms in total. The number of halogens is 4. The third kappa shape index (κ3) is 3.52. The first-order chi connectivity index (χ1) is 9.44. The topological polar surface area (TPSA) is 35.5 Å². The Hall–Kier alpha value is -0.630. The second kappa shape index (κ2) is 6.43. The molecule has 2 rings (SSSR count). The zero-order valence-electron chi connectivity index (χ0n) is 10.8. The lowest BCUT2D eigenvalue weighted by molar-refractivity contribution is -0.118. The zero-order valence-corrected chi connectivity index (χ0v) is 12.3. The van der Waals surface area contributed by atoms with E-state index in [4.69, 9.17) is 5.11 Å². The van der Waals surface area contributed by atoms with E-state index in [9.17, 15) is 13.2 Å².